The van der Waals surface area contributed by atoms with Crippen molar-refractivity contribution in [2.75, 3.05) is 13.6 Å². The SMILES string of the molecule is Cc1ccc(C(O)C(C)N(C)CCc2ccccn2)cc1. The van der Waals surface area contributed by atoms with E-state index in [-0.39, 0.29) is 6.04 Å². The summed E-state index contributed by atoms with van der Waals surface area (Å²) in [7, 11) is 2.05. The number of aliphatic hydroxyl groups excluding tert-OH is 1. The van der Waals surface area contributed by atoms with E-state index in [1.54, 1.807) is 0 Å². The average Bonchev–Trinajstić information content (AvgIpc) is 2.53. The highest BCUT2D eigenvalue weighted by Gasteiger charge is 2.20. The van der Waals surface area contributed by atoms with Crippen molar-refractivity contribution in [1.82, 2.24) is 9.88 Å². The normalized spacial score (nSPS) is 14.1. The molecule has 2 atom stereocenters. The highest BCUT2D eigenvalue weighted by atomic mass is 16.3. The van der Waals surface area contributed by atoms with E-state index in [9.17, 15) is 5.11 Å². The van der Waals surface area contributed by atoms with Crippen LogP contribution in [0.4, 0.5) is 0 Å². The molecule has 0 aliphatic heterocycles. The van der Waals surface area contributed by atoms with Gasteiger partial charge in [-0.2, -0.15) is 0 Å². The van der Waals surface area contributed by atoms with Gasteiger partial charge in [0.1, 0.15) is 0 Å². The van der Waals surface area contributed by atoms with E-state index in [0.29, 0.717) is 0 Å². The summed E-state index contributed by atoms with van der Waals surface area (Å²) in [6.07, 6.45) is 2.24. The third-order valence-electron chi connectivity index (χ3n) is 4.02. The molecule has 3 nitrogen and oxygen atoms in total. The standard InChI is InChI=1S/C18H24N2O/c1-14-7-9-16(10-8-14)18(21)15(2)20(3)13-11-17-6-4-5-12-19-17/h4-10,12,15,18,21H,11,13H2,1-3H3. The van der Waals surface area contributed by atoms with Crippen LogP contribution >= 0.6 is 0 Å². The minimum absolute atomic E-state index is 0.0661. The zero-order chi connectivity index (χ0) is 15.2. The summed E-state index contributed by atoms with van der Waals surface area (Å²) in [4.78, 5) is 6.51. The van der Waals surface area contributed by atoms with Crippen molar-refractivity contribution in [2.45, 2.75) is 32.4 Å². The smallest absolute Gasteiger partial charge is 0.0942 e. The molecule has 2 aromatic rings. The Morgan fingerprint density at radius 2 is 1.86 bits per heavy atom. The zero-order valence-electron chi connectivity index (χ0n) is 13.0. The van der Waals surface area contributed by atoms with Crippen LogP contribution < -0.4 is 0 Å². The van der Waals surface area contributed by atoms with Gasteiger partial charge < -0.3 is 10.0 Å². The lowest BCUT2D eigenvalue weighted by atomic mass is 10.0. The summed E-state index contributed by atoms with van der Waals surface area (Å²) in [6.45, 7) is 4.99. The van der Waals surface area contributed by atoms with E-state index in [1.165, 1.54) is 5.56 Å². The maximum absolute atomic E-state index is 10.5. The molecule has 0 saturated carbocycles. The van der Waals surface area contributed by atoms with Crippen molar-refractivity contribution < 1.29 is 5.11 Å². The molecule has 0 saturated heterocycles. The Labute approximate surface area is 127 Å². The number of benzene rings is 1. The van der Waals surface area contributed by atoms with Crippen LogP contribution in [0.3, 0.4) is 0 Å². The van der Waals surface area contributed by atoms with Crippen LogP contribution in [0.15, 0.2) is 48.7 Å². The molecule has 1 aromatic heterocycles. The molecule has 1 N–H and O–H groups in total. The molecule has 3 heteroatoms. The van der Waals surface area contributed by atoms with Crippen molar-refractivity contribution in [1.29, 1.82) is 0 Å². The maximum Gasteiger partial charge on any atom is 0.0942 e. The van der Waals surface area contributed by atoms with Gasteiger partial charge in [-0.3, -0.25) is 4.98 Å². The lowest BCUT2D eigenvalue weighted by molar-refractivity contribution is 0.0731. The van der Waals surface area contributed by atoms with Gasteiger partial charge in [-0.05, 0) is 38.6 Å². The largest absolute Gasteiger partial charge is 0.387 e. The van der Waals surface area contributed by atoms with Gasteiger partial charge in [0.25, 0.3) is 0 Å². The first kappa shape index (κ1) is 15.7. The van der Waals surface area contributed by atoms with Crippen molar-refractivity contribution in [3.63, 3.8) is 0 Å². The highest BCUT2D eigenvalue weighted by molar-refractivity contribution is 5.24. The molecule has 1 aromatic carbocycles. The topological polar surface area (TPSA) is 36.4 Å². The molecule has 0 aliphatic carbocycles. The Bertz CT molecular complexity index is 539. The Hall–Kier alpha value is -1.71. The van der Waals surface area contributed by atoms with Crippen molar-refractivity contribution in [2.24, 2.45) is 0 Å². The van der Waals surface area contributed by atoms with Gasteiger partial charge in [0.15, 0.2) is 0 Å². The number of nitrogens with zero attached hydrogens (tertiary/aromatic N) is 2. The minimum Gasteiger partial charge on any atom is -0.387 e. The summed E-state index contributed by atoms with van der Waals surface area (Å²) in [5, 5.41) is 10.5. The van der Waals surface area contributed by atoms with Crippen LogP contribution in [0.25, 0.3) is 0 Å². The Kier molecular flexibility index (Phi) is 5.48. The number of hydrogen-bond acceptors (Lipinski definition) is 3. The van der Waals surface area contributed by atoms with Crippen LogP contribution in [0.1, 0.15) is 29.8 Å². The van der Waals surface area contributed by atoms with Gasteiger partial charge in [-0.15, -0.1) is 0 Å². The molecule has 0 bridgehead atoms. The molecule has 21 heavy (non-hydrogen) atoms. The molecule has 0 aliphatic rings. The first-order chi connectivity index (χ1) is 10.1. The van der Waals surface area contributed by atoms with E-state index in [2.05, 4.69) is 23.7 Å². The summed E-state index contributed by atoms with van der Waals surface area (Å²) in [5.74, 6) is 0. The van der Waals surface area contributed by atoms with Crippen LogP contribution in [-0.2, 0) is 6.42 Å². The van der Waals surface area contributed by atoms with Gasteiger partial charge in [0.05, 0.1) is 6.10 Å². The Morgan fingerprint density at radius 3 is 2.48 bits per heavy atom. The average molecular weight is 284 g/mol. The molecule has 0 spiro atoms. The number of aliphatic hydroxyl groups is 1. The molecule has 2 rings (SSSR count). The van der Waals surface area contributed by atoms with E-state index in [4.69, 9.17) is 0 Å². The summed E-state index contributed by atoms with van der Waals surface area (Å²) >= 11 is 0. The van der Waals surface area contributed by atoms with Gasteiger partial charge >= 0.3 is 0 Å². The molecule has 0 amide bonds. The van der Waals surface area contributed by atoms with Crippen molar-refractivity contribution in [3.8, 4) is 0 Å². The molecule has 0 radical (unpaired) electrons. The molecule has 1 heterocycles. The number of pyridine rings is 1. The second-order valence-corrected chi connectivity index (χ2v) is 5.65. The third-order valence-corrected chi connectivity index (χ3v) is 4.02. The second-order valence-electron chi connectivity index (χ2n) is 5.65. The van der Waals surface area contributed by atoms with Crippen LogP contribution in [-0.4, -0.2) is 34.6 Å². The molecular weight excluding hydrogens is 260 g/mol. The predicted molar refractivity (Wildman–Crippen MR) is 86.2 cm³/mol. The van der Waals surface area contributed by atoms with E-state index in [1.807, 2.05) is 55.7 Å². The maximum atomic E-state index is 10.5. The molecule has 112 valence electrons. The quantitative estimate of drug-likeness (QED) is 0.886. The fourth-order valence-electron chi connectivity index (χ4n) is 2.32. The van der Waals surface area contributed by atoms with Crippen molar-refractivity contribution in [3.05, 3.63) is 65.5 Å². The lowest BCUT2D eigenvalue weighted by Gasteiger charge is -2.29. The van der Waals surface area contributed by atoms with Gasteiger partial charge in [-0.1, -0.05) is 35.9 Å². The van der Waals surface area contributed by atoms with Crippen LogP contribution in [0.2, 0.25) is 0 Å². The highest BCUT2D eigenvalue weighted by Crippen LogP contribution is 2.20. The van der Waals surface area contributed by atoms with Gasteiger partial charge in [0.2, 0.25) is 0 Å². The number of aromatic nitrogens is 1. The van der Waals surface area contributed by atoms with E-state index < -0.39 is 6.10 Å². The number of rotatable bonds is 6. The minimum atomic E-state index is -0.473. The Balaban J connectivity index is 1.92. The molecule has 2 unspecified atom stereocenters. The van der Waals surface area contributed by atoms with E-state index >= 15 is 0 Å². The van der Waals surface area contributed by atoms with Crippen molar-refractivity contribution >= 4 is 0 Å². The van der Waals surface area contributed by atoms with Crippen LogP contribution in [0.5, 0.6) is 0 Å². The monoisotopic (exact) mass is 284 g/mol. The van der Waals surface area contributed by atoms with Gasteiger partial charge in [-0.25, -0.2) is 0 Å². The first-order valence-corrected chi connectivity index (χ1v) is 7.42. The molecule has 0 fully saturated rings. The summed E-state index contributed by atoms with van der Waals surface area (Å²) in [6, 6.07) is 14.1. The summed E-state index contributed by atoms with van der Waals surface area (Å²) < 4.78 is 0. The zero-order valence-corrected chi connectivity index (χ0v) is 13.0. The fraction of sp³-hybridized carbons (Fsp3) is 0.389. The van der Waals surface area contributed by atoms with E-state index in [0.717, 1.165) is 24.2 Å². The van der Waals surface area contributed by atoms with Crippen LogP contribution in [0, 0.1) is 6.92 Å². The predicted octanol–water partition coefficient (Wildman–Crippen LogP) is 2.99. The summed E-state index contributed by atoms with van der Waals surface area (Å²) in [5.41, 5.74) is 3.27. The number of aryl methyl sites for hydroxylation is 1. The third kappa shape index (κ3) is 4.38. The van der Waals surface area contributed by atoms with Gasteiger partial charge in [0, 0.05) is 30.9 Å². The first-order valence-electron chi connectivity index (χ1n) is 7.42. The number of likely N-dealkylation sites (N-methyl/N-ethyl adjacent to an activating group) is 1. The second kappa shape index (κ2) is 7.34. The lowest BCUT2D eigenvalue weighted by Crippen LogP contribution is -2.35. The fourth-order valence-corrected chi connectivity index (χ4v) is 2.32. The molecular formula is C18H24N2O. The Morgan fingerprint density at radius 1 is 1.14 bits per heavy atom. The number of hydrogen-bond donors (Lipinski definition) is 1.